The van der Waals surface area contributed by atoms with Gasteiger partial charge in [0, 0.05) is 80.3 Å². The molecule has 7 rings (SSSR count). The highest BCUT2D eigenvalue weighted by molar-refractivity contribution is 6.21. The van der Waals surface area contributed by atoms with Crippen molar-refractivity contribution in [3.05, 3.63) is 0 Å². The topological polar surface area (TPSA) is 288 Å². The number of nitrogens with one attached hydrogen (secondary N) is 4. The average Bonchev–Trinajstić information content (AvgIpc) is 1.62. The number of halogens is 7. The summed E-state index contributed by atoms with van der Waals surface area (Å²) in [5.74, 6) is -14.4. The highest BCUT2D eigenvalue weighted by Crippen LogP contribution is 2.45. The van der Waals surface area contributed by atoms with E-state index in [-0.39, 0.29) is 135 Å². The fourth-order valence-electron chi connectivity index (χ4n) is 16.7. The maximum atomic E-state index is 15.5. The molecule has 0 aromatic heterocycles. The summed E-state index contributed by atoms with van der Waals surface area (Å²) in [6.45, 7) is 9.22. The van der Waals surface area contributed by atoms with Crippen LogP contribution >= 0.6 is 11.6 Å². The van der Waals surface area contributed by atoms with Gasteiger partial charge in [-0.15, -0.1) is 11.6 Å². The number of carbonyl (C=O) groups excluding carboxylic acids is 12. The Morgan fingerprint density at radius 1 is 0.657 bits per heavy atom. The van der Waals surface area contributed by atoms with E-state index in [1.54, 1.807) is 27.7 Å². The van der Waals surface area contributed by atoms with Gasteiger partial charge in [0.1, 0.15) is 53.9 Å². The van der Waals surface area contributed by atoms with Crippen LogP contribution in [0.2, 0.25) is 0 Å². The van der Waals surface area contributed by atoms with E-state index in [1.807, 2.05) is 13.8 Å². The Kier molecular flexibility index (Phi) is 30.2. The first-order valence-electron chi connectivity index (χ1n) is 38.0. The Labute approximate surface area is 619 Å². The first kappa shape index (κ1) is 85.7. The Morgan fingerprint density at radius 2 is 1.30 bits per heavy atom. The van der Waals surface area contributed by atoms with Crippen molar-refractivity contribution in [3.8, 4) is 0 Å². The molecule has 4 saturated carbocycles. The van der Waals surface area contributed by atoms with Crippen LogP contribution in [0.25, 0.3) is 0 Å². The lowest BCUT2D eigenvalue weighted by Gasteiger charge is -2.46. The minimum Gasteiger partial charge on any atom is -0.377 e. The molecule has 25 nitrogen and oxygen atoms in total. The number of alkyl halides is 7. The fraction of sp³-hybridized carbons (Fsp3) is 0.836. The van der Waals surface area contributed by atoms with Gasteiger partial charge in [-0.1, -0.05) is 53.9 Å². The second-order valence-electron chi connectivity index (χ2n) is 31.5. The summed E-state index contributed by atoms with van der Waals surface area (Å²) in [6.07, 6.45) is -7.53. The van der Waals surface area contributed by atoms with Gasteiger partial charge in [-0.25, -0.2) is 0 Å². The second-order valence-corrected chi connectivity index (χ2v) is 32.1. The quantitative estimate of drug-likeness (QED) is 0.106. The molecule has 0 aromatic carbocycles. The van der Waals surface area contributed by atoms with Gasteiger partial charge >= 0.3 is 12.4 Å². The summed E-state index contributed by atoms with van der Waals surface area (Å²) in [5, 5.41) is 10.1. The van der Waals surface area contributed by atoms with Gasteiger partial charge in [-0.3, -0.25) is 57.5 Å². The molecule has 1 spiro atoms. The zero-order valence-electron chi connectivity index (χ0n) is 63.4. The van der Waals surface area contributed by atoms with Crippen LogP contribution in [0.1, 0.15) is 189 Å². The van der Waals surface area contributed by atoms with Crippen LogP contribution < -0.4 is 21.3 Å². The third-order valence-corrected chi connectivity index (χ3v) is 23.8. The molecule has 0 radical (unpaired) electrons. The lowest BCUT2D eigenvalue weighted by molar-refractivity contribution is -0.184. The summed E-state index contributed by atoms with van der Waals surface area (Å²) in [6, 6.07) is -10.7. The largest absolute Gasteiger partial charge is 0.393 e. The minimum absolute atomic E-state index is 0.0470. The molecule has 0 bridgehead atoms. The molecule has 12 amide bonds. The standard InChI is InChI=1S/C73H115ClF6N12O13/c1-13-32-91-56(36-45-21-25-47(26-22-45)72(75,76)77)67(101)86(9)40-57(93)81-51(28-24-44-23-27-49(50(74)35-44)73(78,79)80)66(100)92-39-48(105-15-3)37-55(92)63(97)84-71(30-18-31-71)70(104)89(12)61(46-19-16-17-20-46)64(98)82-52(65(99)85(7)8)38-58(94)88(11)54(34-42(4)5)62(96)83-60(43(6)14-2)69(103)87(10)41-59(95)90-33-29-53(90)68(91)102/h42-56,60-61H,13-41H2,1-12H3,(H,81,93)(H,82,98)(H,83,96)(H,84,97)/t43-,44?,45?,47?,48+,49?,50?,51-,52-,53-,54-,55-,56-,60-,61-/m0/s1. The SMILES string of the molecule is CCCN1C(=O)[C@@H]2CCN2C(=O)CN(C)C(=O)[C@H]([C@@H](C)CC)NC(=O)[C@H](CC(C)C)N(C)C(=O)C[C@@H](C(=O)N(C)C)NC(=O)[C@H](C2CCCC2)N(C)C(=O)C2(CCC2)NC(=O)[C@@H]2C[C@@H](OCC)CN2C(=O)[C@H](CCC2CCC(C(F)(F)F)C(Cl)C2)NC(=O)CN(C)C(=O)[C@@H]1CC1CCC(C(F)(F)F)CC1. The fourth-order valence-corrected chi connectivity index (χ4v) is 17.2. The van der Waals surface area contributed by atoms with E-state index in [2.05, 4.69) is 21.3 Å². The zero-order valence-corrected chi connectivity index (χ0v) is 64.1. The van der Waals surface area contributed by atoms with E-state index in [9.17, 15) is 55.1 Å². The molecule has 3 heterocycles. The first-order chi connectivity index (χ1) is 49.3. The van der Waals surface area contributed by atoms with Crippen molar-refractivity contribution in [1.82, 2.24) is 60.5 Å². The molecule has 594 valence electrons. The predicted molar refractivity (Wildman–Crippen MR) is 376 cm³/mol. The van der Waals surface area contributed by atoms with Crippen molar-refractivity contribution in [2.75, 3.05) is 81.6 Å². The molecule has 32 heteroatoms. The monoisotopic (exact) mass is 1520 g/mol. The number of rotatable bonds is 15. The molecule has 0 aromatic rings. The van der Waals surface area contributed by atoms with E-state index in [0.717, 1.165) is 14.7 Å². The summed E-state index contributed by atoms with van der Waals surface area (Å²) in [4.78, 5) is 189. The van der Waals surface area contributed by atoms with Crippen LogP contribution in [-0.4, -0.2) is 269 Å². The lowest BCUT2D eigenvalue weighted by atomic mass is 9.74. The number of carbonyl (C=O) groups is 12. The summed E-state index contributed by atoms with van der Waals surface area (Å²) < 4.78 is 90.6. The molecule has 3 unspecified atom stereocenters. The van der Waals surface area contributed by atoms with Crippen LogP contribution in [0.5, 0.6) is 0 Å². The van der Waals surface area contributed by atoms with E-state index >= 15 is 28.8 Å². The smallest absolute Gasteiger partial charge is 0.377 e. The molecular weight excluding hydrogens is 1400 g/mol. The van der Waals surface area contributed by atoms with Crippen LogP contribution in [0.3, 0.4) is 0 Å². The summed E-state index contributed by atoms with van der Waals surface area (Å²) in [5.41, 5.74) is -1.62. The van der Waals surface area contributed by atoms with Crippen molar-refractivity contribution < 1.29 is 88.6 Å². The van der Waals surface area contributed by atoms with E-state index < -0.39 is 204 Å². The van der Waals surface area contributed by atoms with Crippen molar-refractivity contribution in [2.24, 2.45) is 41.4 Å². The highest BCUT2D eigenvalue weighted by atomic mass is 35.5. The number of nitrogens with zero attached hydrogens (tertiary/aromatic N) is 8. The van der Waals surface area contributed by atoms with Crippen LogP contribution in [0.15, 0.2) is 0 Å². The van der Waals surface area contributed by atoms with Gasteiger partial charge in [0.15, 0.2) is 0 Å². The normalized spacial score (nSPS) is 31.2. The Bertz CT molecular complexity index is 3090. The molecule has 7 aliphatic rings. The second kappa shape index (κ2) is 37.1. The number of hydrogen-bond acceptors (Lipinski definition) is 13. The van der Waals surface area contributed by atoms with Gasteiger partial charge < -0.3 is 65.2 Å². The average molecular weight is 1520 g/mol. The molecular formula is C73H115ClF6N12O13. The van der Waals surface area contributed by atoms with Crippen molar-refractivity contribution in [3.63, 3.8) is 0 Å². The van der Waals surface area contributed by atoms with Gasteiger partial charge in [0.05, 0.1) is 37.5 Å². The Hall–Kier alpha value is -6.53. The van der Waals surface area contributed by atoms with Gasteiger partial charge in [-0.2, -0.15) is 26.3 Å². The molecule has 3 aliphatic heterocycles. The number of ether oxygens (including phenoxy) is 1. The predicted octanol–water partition coefficient (Wildman–Crippen LogP) is 6.16. The van der Waals surface area contributed by atoms with Crippen LogP contribution in [0, 0.1) is 41.4 Å². The van der Waals surface area contributed by atoms with Gasteiger partial charge in [-0.05, 0) is 152 Å². The molecule has 7 fully saturated rings. The zero-order chi connectivity index (χ0) is 77.9. The van der Waals surface area contributed by atoms with E-state index in [1.165, 1.54) is 66.8 Å². The minimum atomic E-state index is -4.57. The number of hydrogen-bond donors (Lipinski definition) is 4. The maximum absolute atomic E-state index is 15.5. The maximum Gasteiger partial charge on any atom is 0.393 e. The van der Waals surface area contributed by atoms with Crippen LogP contribution in [0.4, 0.5) is 26.3 Å². The molecule has 3 saturated heterocycles. The number of fused-ring (bicyclic) bond motifs is 2. The lowest BCUT2D eigenvalue weighted by Crippen LogP contribution is -2.68. The van der Waals surface area contributed by atoms with Crippen molar-refractivity contribution in [2.45, 2.75) is 267 Å². The molecule has 13 atom stereocenters. The first-order valence-corrected chi connectivity index (χ1v) is 38.5. The Balaban J connectivity index is 1.30. The molecule has 4 N–H and O–H groups in total. The summed E-state index contributed by atoms with van der Waals surface area (Å²) >= 11 is 6.41. The summed E-state index contributed by atoms with van der Waals surface area (Å²) in [7, 11) is 8.33. The molecule has 4 aliphatic carbocycles. The third kappa shape index (κ3) is 21.2. The number of likely N-dealkylation sites (N-methyl/N-ethyl adjacent to an activating group) is 5. The van der Waals surface area contributed by atoms with Gasteiger partial charge in [0.2, 0.25) is 70.9 Å². The van der Waals surface area contributed by atoms with E-state index in [4.69, 9.17) is 16.3 Å². The Morgan fingerprint density at radius 3 is 1.84 bits per heavy atom. The molecule has 105 heavy (non-hydrogen) atoms. The van der Waals surface area contributed by atoms with Gasteiger partial charge in [0.25, 0.3) is 0 Å². The van der Waals surface area contributed by atoms with Crippen LogP contribution in [-0.2, 0) is 62.3 Å². The van der Waals surface area contributed by atoms with E-state index in [0.29, 0.717) is 38.5 Å². The highest BCUT2D eigenvalue weighted by Gasteiger charge is 2.54. The third-order valence-electron chi connectivity index (χ3n) is 23.4. The van der Waals surface area contributed by atoms with Crippen molar-refractivity contribution >= 4 is 82.5 Å². The number of amides is 12. The van der Waals surface area contributed by atoms with Crippen molar-refractivity contribution in [1.29, 1.82) is 0 Å².